The summed E-state index contributed by atoms with van der Waals surface area (Å²) in [4.78, 5) is 23.4. The summed E-state index contributed by atoms with van der Waals surface area (Å²) in [5, 5.41) is 2.73. The van der Waals surface area contributed by atoms with Gasteiger partial charge < -0.3 is 15.4 Å². The van der Waals surface area contributed by atoms with E-state index in [4.69, 9.17) is 11.6 Å². The van der Waals surface area contributed by atoms with E-state index in [0.29, 0.717) is 12.1 Å². The van der Waals surface area contributed by atoms with Crippen LogP contribution in [0.1, 0.15) is 12.5 Å². The smallest absolute Gasteiger partial charge is 0.441 e. The van der Waals surface area contributed by atoms with Crippen molar-refractivity contribution in [1.29, 1.82) is 0 Å². The van der Waals surface area contributed by atoms with Crippen LogP contribution >= 0.6 is 11.6 Å². The summed E-state index contributed by atoms with van der Waals surface area (Å²) in [6, 6.07) is 3.16. The highest BCUT2D eigenvalue weighted by Gasteiger charge is 2.64. The van der Waals surface area contributed by atoms with Crippen molar-refractivity contribution in [1.82, 2.24) is 5.32 Å². The second-order valence-corrected chi connectivity index (χ2v) is 5.09. The third-order valence-corrected chi connectivity index (χ3v) is 3.25. The molecule has 26 heavy (non-hydrogen) atoms. The molecule has 0 saturated heterocycles. The Labute approximate surface area is 148 Å². The Morgan fingerprint density at radius 3 is 2.15 bits per heavy atom. The molecule has 1 amide bonds. The van der Waals surface area contributed by atoms with Crippen molar-refractivity contribution in [2.45, 2.75) is 24.9 Å². The number of para-hydroxylation sites is 1. The molecule has 1 rings (SSSR count). The first-order valence-electron chi connectivity index (χ1n) is 6.94. The molecular formula is C14H13ClF6N2O3. The Morgan fingerprint density at radius 2 is 1.69 bits per heavy atom. The summed E-state index contributed by atoms with van der Waals surface area (Å²) in [6.07, 6.45) is -10.6. The van der Waals surface area contributed by atoms with Crippen molar-refractivity contribution in [3.8, 4) is 0 Å². The van der Waals surface area contributed by atoms with Crippen LogP contribution in [-0.2, 0) is 20.5 Å². The Bertz CT molecular complexity index is 665. The van der Waals surface area contributed by atoms with E-state index in [1.165, 1.54) is 17.6 Å². The molecule has 0 radical (unpaired) electrons. The zero-order valence-electron chi connectivity index (χ0n) is 13.1. The van der Waals surface area contributed by atoms with Crippen LogP contribution in [0.2, 0.25) is 0 Å². The maximum Gasteiger partial charge on any atom is 0.441 e. The lowest BCUT2D eigenvalue weighted by Gasteiger charge is -2.35. The summed E-state index contributed by atoms with van der Waals surface area (Å²) in [5.74, 6) is -4.46. The molecule has 0 aromatic heterocycles. The molecule has 0 heterocycles. The van der Waals surface area contributed by atoms with Crippen LogP contribution in [0.5, 0.6) is 0 Å². The van der Waals surface area contributed by atoms with Gasteiger partial charge in [0.15, 0.2) is 0 Å². The number of hydrogen-bond donors (Lipinski definition) is 2. The lowest BCUT2D eigenvalue weighted by molar-refractivity contribution is -0.207. The Kier molecular flexibility index (Phi) is 6.75. The van der Waals surface area contributed by atoms with Gasteiger partial charge in [0, 0.05) is 5.69 Å². The molecule has 2 N–H and O–H groups in total. The van der Waals surface area contributed by atoms with Gasteiger partial charge in [0.05, 0.1) is 12.2 Å². The van der Waals surface area contributed by atoms with Gasteiger partial charge in [0.25, 0.3) is 0 Å². The van der Waals surface area contributed by atoms with Crippen LogP contribution in [0, 0.1) is 0 Å². The SMILES string of the molecule is CCOC(=O)C(NC(=O)CCl)(Nc1ccccc1C(F)(F)F)C(F)(F)F. The number of rotatable bonds is 6. The Hall–Kier alpha value is -2.17. The normalized spacial score (nSPS) is 14.3. The second kappa shape index (κ2) is 8.02. The number of hydrogen-bond acceptors (Lipinski definition) is 4. The topological polar surface area (TPSA) is 67.4 Å². The predicted octanol–water partition coefficient (Wildman–Crippen LogP) is 3.29. The van der Waals surface area contributed by atoms with E-state index in [1.54, 1.807) is 0 Å². The minimum absolute atomic E-state index is 0.512. The standard InChI is InChI=1S/C14H13ClF6N2O3/c1-2-26-11(25)12(14(19,20)21,23-10(24)7-15)22-9-6-4-3-5-8(9)13(16,17)18/h3-6,22H,2,7H2,1H3,(H,23,24). The molecule has 0 aliphatic carbocycles. The first kappa shape index (κ1) is 21.9. The lowest BCUT2D eigenvalue weighted by atomic mass is 10.1. The fourth-order valence-corrected chi connectivity index (χ4v) is 1.98. The number of carbonyl (C=O) groups excluding carboxylic acids is 2. The quantitative estimate of drug-likeness (QED) is 0.329. The first-order chi connectivity index (χ1) is 11.9. The zero-order chi connectivity index (χ0) is 20.2. The molecule has 0 aliphatic heterocycles. The Balaban J connectivity index is 3.56. The number of benzene rings is 1. The predicted molar refractivity (Wildman–Crippen MR) is 79.3 cm³/mol. The van der Waals surface area contributed by atoms with Crippen molar-refractivity contribution in [3.05, 3.63) is 29.8 Å². The molecule has 0 saturated carbocycles. The molecule has 0 fully saturated rings. The van der Waals surface area contributed by atoms with E-state index in [-0.39, 0.29) is 0 Å². The van der Waals surface area contributed by atoms with Gasteiger partial charge in [-0.05, 0) is 19.1 Å². The van der Waals surface area contributed by atoms with Crippen LogP contribution in [0.3, 0.4) is 0 Å². The van der Waals surface area contributed by atoms with Crippen molar-refractivity contribution in [2.75, 3.05) is 17.8 Å². The molecule has 0 aliphatic rings. The van der Waals surface area contributed by atoms with Crippen molar-refractivity contribution in [3.63, 3.8) is 0 Å². The molecule has 1 aromatic carbocycles. The zero-order valence-corrected chi connectivity index (χ0v) is 13.9. The molecule has 0 spiro atoms. The molecule has 1 atom stereocenters. The number of anilines is 1. The highest BCUT2D eigenvalue weighted by Crippen LogP contribution is 2.39. The number of halogens is 7. The number of amides is 1. The highest BCUT2D eigenvalue weighted by atomic mass is 35.5. The fraction of sp³-hybridized carbons (Fsp3) is 0.429. The summed E-state index contributed by atoms with van der Waals surface area (Å²) in [7, 11) is 0. The van der Waals surface area contributed by atoms with Crippen LogP contribution in [-0.4, -0.2) is 36.2 Å². The van der Waals surface area contributed by atoms with Crippen LogP contribution in [0.4, 0.5) is 32.0 Å². The van der Waals surface area contributed by atoms with Crippen molar-refractivity contribution < 1.29 is 40.7 Å². The Morgan fingerprint density at radius 1 is 1.12 bits per heavy atom. The first-order valence-corrected chi connectivity index (χ1v) is 7.47. The third kappa shape index (κ3) is 4.71. The largest absolute Gasteiger partial charge is 0.463 e. The molecular weight excluding hydrogens is 394 g/mol. The van der Waals surface area contributed by atoms with E-state index in [9.17, 15) is 35.9 Å². The summed E-state index contributed by atoms with van der Waals surface area (Å²) < 4.78 is 84.4. The number of alkyl halides is 7. The number of ether oxygens (including phenoxy) is 1. The van der Waals surface area contributed by atoms with Gasteiger partial charge in [-0.2, -0.15) is 26.3 Å². The number of esters is 1. The van der Waals surface area contributed by atoms with E-state index in [2.05, 4.69) is 4.74 Å². The average molecular weight is 407 g/mol. The second-order valence-electron chi connectivity index (χ2n) is 4.82. The van der Waals surface area contributed by atoms with Gasteiger partial charge in [-0.15, -0.1) is 11.6 Å². The van der Waals surface area contributed by atoms with Gasteiger partial charge in [-0.1, -0.05) is 12.1 Å². The molecule has 1 unspecified atom stereocenters. The van der Waals surface area contributed by atoms with Gasteiger partial charge in [-0.3, -0.25) is 4.79 Å². The molecule has 5 nitrogen and oxygen atoms in total. The van der Waals surface area contributed by atoms with E-state index in [1.807, 2.05) is 0 Å². The maximum absolute atomic E-state index is 13.7. The fourth-order valence-electron chi connectivity index (χ4n) is 1.91. The minimum Gasteiger partial charge on any atom is -0.463 e. The molecule has 0 bridgehead atoms. The molecule has 146 valence electrons. The van der Waals surface area contributed by atoms with Gasteiger partial charge in [0.2, 0.25) is 5.91 Å². The summed E-state index contributed by atoms with van der Waals surface area (Å²) in [5.41, 5.74) is -6.52. The van der Waals surface area contributed by atoms with Crippen LogP contribution in [0.15, 0.2) is 24.3 Å². The average Bonchev–Trinajstić information content (AvgIpc) is 2.52. The lowest BCUT2D eigenvalue weighted by Crippen LogP contribution is -2.69. The minimum atomic E-state index is -5.56. The van der Waals surface area contributed by atoms with Crippen molar-refractivity contribution >= 4 is 29.2 Å². The van der Waals surface area contributed by atoms with Crippen LogP contribution in [0.25, 0.3) is 0 Å². The summed E-state index contributed by atoms with van der Waals surface area (Å²) in [6.45, 7) is 0.669. The van der Waals surface area contributed by atoms with E-state index < -0.39 is 53.6 Å². The molecule has 12 heteroatoms. The van der Waals surface area contributed by atoms with Crippen molar-refractivity contribution in [2.24, 2.45) is 0 Å². The maximum atomic E-state index is 13.7. The number of nitrogens with one attached hydrogen (secondary N) is 2. The van der Waals surface area contributed by atoms with E-state index >= 15 is 0 Å². The van der Waals surface area contributed by atoms with Gasteiger partial charge >= 0.3 is 24.0 Å². The summed E-state index contributed by atoms with van der Waals surface area (Å²) >= 11 is 5.16. The van der Waals surface area contributed by atoms with E-state index in [0.717, 1.165) is 12.1 Å². The number of carbonyl (C=O) groups is 2. The van der Waals surface area contributed by atoms with Crippen LogP contribution < -0.4 is 10.6 Å². The third-order valence-electron chi connectivity index (χ3n) is 3.01. The monoisotopic (exact) mass is 406 g/mol. The van der Waals surface area contributed by atoms with Gasteiger partial charge in [-0.25, -0.2) is 4.79 Å². The highest BCUT2D eigenvalue weighted by molar-refractivity contribution is 6.27. The van der Waals surface area contributed by atoms with Gasteiger partial charge in [0.1, 0.15) is 5.88 Å². The molecule has 1 aromatic rings.